The van der Waals surface area contributed by atoms with Gasteiger partial charge in [-0.3, -0.25) is 4.79 Å². The molecule has 86 valence electrons. The molecule has 0 saturated heterocycles. The van der Waals surface area contributed by atoms with Gasteiger partial charge in [-0.25, -0.2) is 4.98 Å². The number of terminal acetylenes is 1. The van der Waals surface area contributed by atoms with E-state index in [1.165, 1.54) is 0 Å². The fourth-order valence-electron chi connectivity index (χ4n) is 1.83. The number of hydrogen-bond donors (Lipinski definition) is 1. The van der Waals surface area contributed by atoms with Crippen LogP contribution in [-0.4, -0.2) is 20.6 Å². The first-order valence-corrected chi connectivity index (χ1v) is 5.23. The third kappa shape index (κ3) is 2.13. The maximum atomic E-state index is 10.8. The maximum absolute atomic E-state index is 10.8. The Morgan fingerprint density at radius 2 is 2.35 bits per heavy atom. The zero-order valence-electron chi connectivity index (χ0n) is 9.47. The van der Waals surface area contributed by atoms with Crippen molar-refractivity contribution < 1.29 is 9.90 Å². The van der Waals surface area contributed by atoms with Crippen LogP contribution >= 0.6 is 0 Å². The quantitative estimate of drug-likeness (QED) is 0.812. The summed E-state index contributed by atoms with van der Waals surface area (Å²) in [6.07, 6.45) is 5.18. The molecule has 0 amide bonds. The number of nitrogens with zero attached hydrogens (tertiary/aromatic N) is 2. The average molecular weight is 228 g/mol. The van der Waals surface area contributed by atoms with E-state index in [2.05, 4.69) is 10.9 Å². The standard InChI is InChI=1S/C13H12N2O2/c1-3-6-15-11-5-4-9(2)7-10(11)14-12(15)8-13(16)17/h1,4-5,7H,6,8H2,2H3,(H,16,17). The smallest absolute Gasteiger partial charge is 0.311 e. The molecule has 0 fully saturated rings. The van der Waals surface area contributed by atoms with Crippen LogP contribution in [0.2, 0.25) is 0 Å². The van der Waals surface area contributed by atoms with Crippen molar-refractivity contribution >= 4 is 17.0 Å². The maximum Gasteiger partial charge on any atom is 0.311 e. The van der Waals surface area contributed by atoms with Crippen molar-refractivity contribution in [3.05, 3.63) is 29.6 Å². The number of carbonyl (C=O) groups is 1. The topological polar surface area (TPSA) is 55.1 Å². The van der Waals surface area contributed by atoms with Gasteiger partial charge in [-0.1, -0.05) is 12.0 Å². The number of imidazole rings is 1. The van der Waals surface area contributed by atoms with Gasteiger partial charge in [-0.15, -0.1) is 6.42 Å². The molecular formula is C13H12N2O2. The van der Waals surface area contributed by atoms with Gasteiger partial charge in [0.1, 0.15) is 12.2 Å². The van der Waals surface area contributed by atoms with Crippen molar-refractivity contribution in [3.8, 4) is 12.3 Å². The van der Waals surface area contributed by atoms with Crippen LogP contribution < -0.4 is 0 Å². The molecule has 2 rings (SSSR count). The molecular weight excluding hydrogens is 216 g/mol. The number of aryl methyl sites for hydroxylation is 1. The van der Waals surface area contributed by atoms with Crippen molar-refractivity contribution in [1.29, 1.82) is 0 Å². The molecule has 0 spiro atoms. The molecule has 0 radical (unpaired) electrons. The Kier molecular flexibility index (Phi) is 2.84. The molecule has 1 N–H and O–H groups in total. The number of aliphatic carboxylic acids is 1. The largest absolute Gasteiger partial charge is 0.481 e. The lowest BCUT2D eigenvalue weighted by atomic mass is 10.2. The average Bonchev–Trinajstić information content (AvgIpc) is 2.55. The predicted molar refractivity (Wildman–Crippen MR) is 64.6 cm³/mol. The zero-order chi connectivity index (χ0) is 12.4. The number of carboxylic acid groups (broad SMARTS) is 1. The van der Waals surface area contributed by atoms with E-state index >= 15 is 0 Å². The van der Waals surface area contributed by atoms with Gasteiger partial charge in [-0.2, -0.15) is 0 Å². The van der Waals surface area contributed by atoms with Gasteiger partial charge >= 0.3 is 5.97 Å². The number of hydrogen-bond acceptors (Lipinski definition) is 2. The Hall–Kier alpha value is -2.28. The van der Waals surface area contributed by atoms with E-state index in [0.717, 1.165) is 16.6 Å². The SMILES string of the molecule is C#CCn1c(CC(=O)O)nc2cc(C)ccc21. The van der Waals surface area contributed by atoms with Crippen molar-refractivity contribution in [3.63, 3.8) is 0 Å². The van der Waals surface area contributed by atoms with Crippen LogP contribution in [0, 0.1) is 19.3 Å². The zero-order valence-corrected chi connectivity index (χ0v) is 9.47. The minimum Gasteiger partial charge on any atom is -0.481 e. The highest BCUT2D eigenvalue weighted by molar-refractivity contribution is 5.78. The predicted octanol–water partition coefficient (Wildman–Crippen LogP) is 1.61. The number of fused-ring (bicyclic) bond motifs is 1. The Morgan fingerprint density at radius 3 is 3.00 bits per heavy atom. The van der Waals surface area contributed by atoms with E-state index in [0.29, 0.717) is 12.4 Å². The van der Waals surface area contributed by atoms with Gasteiger partial charge in [0.25, 0.3) is 0 Å². The van der Waals surface area contributed by atoms with Gasteiger partial charge < -0.3 is 9.67 Å². The van der Waals surface area contributed by atoms with Crippen LogP contribution in [0.15, 0.2) is 18.2 Å². The number of carboxylic acids is 1. The van der Waals surface area contributed by atoms with Crippen molar-refractivity contribution in [2.45, 2.75) is 19.9 Å². The highest BCUT2D eigenvalue weighted by Crippen LogP contribution is 2.18. The lowest BCUT2D eigenvalue weighted by Gasteiger charge is -2.03. The van der Waals surface area contributed by atoms with Gasteiger partial charge in [-0.05, 0) is 24.6 Å². The van der Waals surface area contributed by atoms with Crippen molar-refractivity contribution in [2.24, 2.45) is 0 Å². The normalized spacial score (nSPS) is 10.4. The molecule has 1 aromatic heterocycles. The summed E-state index contributed by atoms with van der Waals surface area (Å²) >= 11 is 0. The summed E-state index contributed by atoms with van der Waals surface area (Å²) in [6.45, 7) is 2.30. The number of rotatable bonds is 3. The number of aromatic nitrogens is 2. The van der Waals surface area contributed by atoms with Crippen LogP contribution in [0.4, 0.5) is 0 Å². The third-order valence-corrected chi connectivity index (χ3v) is 2.54. The highest BCUT2D eigenvalue weighted by Gasteiger charge is 2.12. The van der Waals surface area contributed by atoms with Crippen LogP contribution in [0.1, 0.15) is 11.4 Å². The third-order valence-electron chi connectivity index (χ3n) is 2.54. The summed E-state index contributed by atoms with van der Waals surface area (Å²) in [6, 6.07) is 5.80. The van der Waals surface area contributed by atoms with Crippen LogP contribution in [0.5, 0.6) is 0 Å². The van der Waals surface area contributed by atoms with E-state index in [-0.39, 0.29) is 6.42 Å². The van der Waals surface area contributed by atoms with Gasteiger partial charge in [0, 0.05) is 0 Å². The number of benzene rings is 1. The van der Waals surface area contributed by atoms with E-state index in [1.54, 1.807) is 4.57 Å². The molecule has 0 atom stereocenters. The minimum absolute atomic E-state index is 0.116. The second-order valence-electron chi connectivity index (χ2n) is 3.88. The van der Waals surface area contributed by atoms with E-state index < -0.39 is 5.97 Å². The van der Waals surface area contributed by atoms with Gasteiger partial charge in [0.2, 0.25) is 0 Å². The fourth-order valence-corrected chi connectivity index (χ4v) is 1.83. The molecule has 0 aliphatic heterocycles. The van der Waals surface area contributed by atoms with E-state index in [1.807, 2.05) is 25.1 Å². The summed E-state index contributed by atoms with van der Waals surface area (Å²) in [4.78, 5) is 15.1. The van der Waals surface area contributed by atoms with Gasteiger partial charge in [0.15, 0.2) is 0 Å². The summed E-state index contributed by atoms with van der Waals surface area (Å²) < 4.78 is 1.77. The Labute approximate surface area is 98.9 Å². The molecule has 0 saturated carbocycles. The molecule has 4 nitrogen and oxygen atoms in total. The minimum atomic E-state index is -0.907. The van der Waals surface area contributed by atoms with E-state index in [4.69, 9.17) is 11.5 Å². The Bertz CT molecular complexity index is 620. The first-order valence-electron chi connectivity index (χ1n) is 5.23. The second-order valence-corrected chi connectivity index (χ2v) is 3.88. The molecule has 4 heteroatoms. The monoisotopic (exact) mass is 228 g/mol. The molecule has 1 aromatic carbocycles. The molecule has 2 aromatic rings. The molecule has 0 aliphatic rings. The molecule has 0 unspecified atom stereocenters. The molecule has 1 heterocycles. The summed E-state index contributed by atoms with van der Waals surface area (Å²) in [5.74, 6) is 2.11. The molecule has 0 aliphatic carbocycles. The first-order chi connectivity index (χ1) is 8.11. The van der Waals surface area contributed by atoms with E-state index in [9.17, 15) is 4.79 Å². The second kappa shape index (κ2) is 4.30. The van der Waals surface area contributed by atoms with Crippen LogP contribution in [-0.2, 0) is 17.8 Å². The lowest BCUT2D eigenvalue weighted by Crippen LogP contribution is -2.08. The van der Waals surface area contributed by atoms with Crippen molar-refractivity contribution in [2.75, 3.05) is 0 Å². The lowest BCUT2D eigenvalue weighted by molar-refractivity contribution is -0.136. The summed E-state index contributed by atoms with van der Waals surface area (Å²) in [5, 5.41) is 8.83. The first kappa shape index (κ1) is 11.2. The Morgan fingerprint density at radius 1 is 1.59 bits per heavy atom. The van der Waals surface area contributed by atoms with Crippen molar-refractivity contribution in [1.82, 2.24) is 9.55 Å². The summed E-state index contributed by atoms with van der Waals surface area (Å²) in [7, 11) is 0. The molecule has 0 bridgehead atoms. The van der Waals surface area contributed by atoms with Crippen LogP contribution in [0.25, 0.3) is 11.0 Å². The summed E-state index contributed by atoms with van der Waals surface area (Å²) in [5.41, 5.74) is 2.76. The molecule has 17 heavy (non-hydrogen) atoms. The Balaban J connectivity index is 2.61. The highest BCUT2D eigenvalue weighted by atomic mass is 16.4. The van der Waals surface area contributed by atoms with Gasteiger partial charge in [0.05, 0.1) is 17.6 Å². The van der Waals surface area contributed by atoms with Crippen LogP contribution in [0.3, 0.4) is 0 Å². The fraction of sp³-hybridized carbons (Fsp3) is 0.231.